The Labute approximate surface area is 229 Å². The number of aromatic nitrogens is 6. The zero-order chi connectivity index (χ0) is 28.3. The van der Waals surface area contributed by atoms with Crippen molar-refractivity contribution >= 4 is 17.4 Å². The lowest BCUT2D eigenvalue weighted by atomic mass is 10.00. The van der Waals surface area contributed by atoms with E-state index < -0.39 is 11.9 Å². The summed E-state index contributed by atoms with van der Waals surface area (Å²) in [7, 11) is 1.71. The second-order valence-corrected chi connectivity index (χ2v) is 10.7. The number of hydrogen-bond donors (Lipinski definition) is 0. The SMILES string of the molecule is Cc1cnn(C(C)C)c1-c1ncc2c(n1)N(Cc1ccc3c(c1)CCCn1cc(C(F)(F)F)nc1-3)CC(=O)N2C. The Bertz CT molecular complexity index is 1620. The highest BCUT2D eigenvalue weighted by molar-refractivity contribution is 6.01. The summed E-state index contributed by atoms with van der Waals surface area (Å²) in [5, 5.41) is 4.49. The molecule has 0 saturated carbocycles. The molecule has 1 aromatic carbocycles. The molecule has 6 rings (SSSR count). The number of carbonyl (C=O) groups is 1. The maximum absolute atomic E-state index is 13.3. The minimum atomic E-state index is -4.49. The molecule has 0 N–H and O–H groups in total. The van der Waals surface area contributed by atoms with Crippen LogP contribution in [0.2, 0.25) is 0 Å². The summed E-state index contributed by atoms with van der Waals surface area (Å²) in [5.74, 6) is 1.43. The lowest BCUT2D eigenvalue weighted by Crippen LogP contribution is -2.44. The molecular weight excluding hydrogens is 521 g/mol. The first-order chi connectivity index (χ1) is 19.0. The van der Waals surface area contributed by atoms with Crippen molar-refractivity contribution in [2.75, 3.05) is 23.4 Å². The third kappa shape index (κ3) is 4.40. The normalized spacial score (nSPS) is 15.2. The maximum Gasteiger partial charge on any atom is 0.434 e. The number of aryl methyl sites for hydroxylation is 3. The van der Waals surface area contributed by atoms with Crippen molar-refractivity contribution in [1.82, 2.24) is 29.3 Å². The van der Waals surface area contributed by atoms with Gasteiger partial charge in [-0.2, -0.15) is 18.3 Å². The van der Waals surface area contributed by atoms with Crippen molar-refractivity contribution in [3.63, 3.8) is 0 Å². The zero-order valence-electron chi connectivity index (χ0n) is 22.7. The Kier molecular flexibility index (Phi) is 6.15. The van der Waals surface area contributed by atoms with Crippen LogP contribution in [-0.4, -0.2) is 48.8 Å². The van der Waals surface area contributed by atoms with E-state index >= 15 is 0 Å². The van der Waals surface area contributed by atoms with E-state index in [0.717, 1.165) is 35.0 Å². The van der Waals surface area contributed by atoms with Crippen molar-refractivity contribution in [2.45, 2.75) is 58.9 Å². The van der Waals surface area contributed by atoms with Gasteiger partial charge in [-0.3, -0.25) is 9.48 Å². The molecule has 5 heterocycles. The molecule has 208 valence electrons. The van der Waals surface area contributed by atoms with Gasteiger partial charge in [-0.05, 0) is 50.3 Å². The first-order valence-corrected chi connectivity index (χ1v) is 13.2. The number of nitrogens with zero attached hydrogens (tertiary/aromatic N) is 8. The number of carbonyl (C=O) groups excluding carboxylic acids is 1. The minimum Gasteiger partial charge on any atom is -0.341 e. The number of imidazole rings is 1. The molecule has 40 heavy (non-hydrogen) atoms. The Morgan fingerprint density at radius 2 is 1.93 bits per heavy atom. The van der Waals surface area contributed by atoms with E-state index in [1.807, 2.05) is 48.6 Å². The van der Waals surface area contributed by atoms with Crippen molar-refractivity contribution in [3.8, 4) is 22.9 Å². The van der Waals surface area contributed by atoms with E-state index in [1.165, 1.54) is 0 Å². The summed E-state index contributed by atoms with van der Waals surface area (Å²) in [4.78, 5) is 29.8. The van der Waals surface area contributed by atoms with Gasteiger partial charge in [0, 0.05) is 37.9 Å². The van der Waals surface area contributed by atoms with Gasteiger partial charge in [0.1, 0.15) is 17.2 Å². The van der Waals surface area contributed by atoms with Crippen LogP contribution in [0.15, 0.2) is 36.8 Å². The predicted octanol–water partition coefficient (Wildman–Crippen LogP) is 5.04. The largest absolute Gasteiger partial charge is 0.434 e. The lowest BCUT2D eigenvalue weighted by molar-refractivity contribution is -0.140. The molecule has 0 bridgehead atoms. The molecule has 0 fully saturated rings. The molecule has 1 amide bonds. The third-order valence-corrected chi connectivity index (χ3v) is 7.49. The number of alkyl halides is 3. The summed E-state index contributed by atoms with van der Waals surface area (Å²) in [5.41, 5.74) is 4.10. The van der Waals surface area contributed by atoms with Gasteiger partial charge in [0.2, 0.25) is 5.91 Å². The summed E-state index contributed by atoms with van der Waals surface area (Å²) in [6.45, 7) is 7.06. The highest BCUT2D eigenvalue weighted by Crippen LogP contribution is 2.37. The van der Waals surface area contributed by atoms with Gasteiger partial charge in [0.05, 0.1) is 18.9 Å². The van der Waals surface area contributed by atoms with Crippen LogP contribution in [0.5, 0.6) is 0 Å². The molecule has 0 radical (unpaired) electrons. The van der Waals surface area contributed by atoms with Crippen molar-refractivity contribution < 1.29 is 18.0 Å². The average molecular weight is 551 g/mol. The number of halogens is 3. The second-order valence-electron chi connectivity index (χ2n) is 10.7. The number of anilines is 2. The fraction of sp³-hybridized carbons (Fsp3) is 0.393. The van der Waals surface area contributed by atoms with Crippen LogP contribution in [0.3, 0.4) is 0 Å². The Hall–Kier alpha value is -4.22. The van der Waals surface area contributed by atoms with E-state index in [9.17, 15) is 18.0 Å². The van der Waals surface area contributed by atoms with Gasteiger partial charge in [-0.25, -0.2) is 15.0 Å². The second kappa shape index (κ2) is 9.46. The van der Waals surface area contributed by atoms with Crippen molar-refractivity contribution in [3.05, 3.63) is 59.2 Å². The summed E-state index contributed by atoms with van der Waals surface area (Å²) in [6, 6.07) is 5.85. The van der Waals surface area contributed by atoms with Gasteiger partial charge < -0.3 is 14.4 Å². The molecule has 3 aromatic heterocycles. The number of amides is 1. The monoisotopic (exact) mass is 550 g/mol. The molecule has 0 saturated heterocycles. The first-order valence-electron chi connectivity index (χ1n) is 13.2. The zero-order valence-corrected chi connectivity index (χ0v) is 22.7. The summed E-state index contributed by atoms with van der Waals surface area (Å²) >= 11 is 0. The van der Waals surface area contributed by atoms with Crippen molar-refractivity contribution in [2.24, 2.45) is 0 Å². The lowest BCUT2D eigenvalue weighted by Gasteiger charge is -2.34. The topological polar surface area (TPSA) is 85.0 Å². The standard InChI is InChI=1S/C28H29F3N8O/c1-16(2)39-24(17(3)11-33-39)25-32-12-21-27(35-25)38(15-23(40)36(21)4)13-18-7-8-20-19(10-18)6-5-9-37-14-22(28(29,30)31)34-26(20)37/h7-8,10-12,14,16H,5-6,9,13,15H2,1-4H3. The molecule has 9 nitrogen and oxygen atoms in total. The number of hydrogen-bond acceptors (Lipinski definition) is 6. The summed E-state index contributed by atoms with van der Waals surface area (Å²) in [6.07, 6.45) is 1.49. The van der Waals surface area contributed by atoms with E-state index in [-0.39, 0.29) is 18.5 Å². The molecule has 0 unspecified atom stereocenters. The molecular formula is C28H29F3N8O. The number of fused-ring (bicyclic) bond motifs is 4. The third-order valence-electron chi connectivity index (χ3n) is 7.49. The Morgan fingerprint density at radius 3 is 2.67 bits per heavy atom. The van der Waals surface area contributed by atoms with Crippen LogP contribution in [0.1, 0.15) is 48.7 Å². The fourth-order valence-corrected chi connectivity index (χ4v) is 5.45. The number of benzene rings is 1. The van der Waals surface area contributed by atoms with E-state index in [1.54, 1.807) is 28.9 Å². The van der Waals surface area contributed by atoms with Crippen LogP contribution in [-0.2, 0) is 30.5 Å². The van der Waals surface area contributed by atoms with Gasteiger partial charge in [0.15, 0.2) is 17.3 Å². The highest BCUT2D eigenvalue weighted by Gasteiger charge is 2.36. The molecule has 2 aliphatic rings. The van der Waals surface area contributed by atoms with Gasteiger partial charge in [-0.15, -0.1) is 0 Å². The molecule has 0 aliphatic carbocycles. The Balaban J connectivity index is 1.36. The fourth-order valence-electron chi connectivity index (χ4n) is 5.45. The molecule has 0 spiro atoms. The minimum absolute atomic E-state index is 0.0799. The van der Waals surface area contributed by atoms with Crippen LogP contribution in [0.25, 0.3) is 22.9 Å². The highest BCUT2D eigenvalue weighted by atomic mass is 19.4. The number of likely N-dealkylation sites (N-methyl/N-ethyl adjacent to an activating group) is 1. The first kappa shape index (κ1) is 26.0. The quantitative estimate of drug-likeness (QED) is 0.354. The smallest absolute Gasteiger partial charge is 0.341 e. The van der Waals surface area contributed by atoms with Gasteiger partial charge in [0.25, 0.3) is 0 Å². The van der Waals surface area contributed by atoms with E-state index in [4.69, 9.17) is 4.98 Å². The van der Waals surface area contributed by atoms with E-state index in [2.05, 4.69) is 15.1 Å². The molecule has 12 heteroatoms. The molecule has 4 aromatic rings. The summed E-state index contributed by atoms with van der Waals surface area (Å²) < 4.78 is 43.5. The van der Waals surface area contributed by atoms with Gasteiger partial charge in [-0.1, -0.05) is 18.2 Å². The van der Waals surface area contributed by atoms with Crippen LogP contribution < -0.4 is 9.80 Å². The van der Waals surface area contributed by atoms with Crippen LogP contribution >= 0.6 is 0 Å². The van der Waals surface area contributed by atoms with Crippen LogP contribution in [0.4, 0.5) is 24.7 Å². The predicted molar refractivity (Wildman–Crippen MR) is 144 cm³/mol. The van der Waals surface area contributed by atoms with Crippen molar-refractivity contribution in [1.29, 1.82) is 0 Å². The number of rotatable bonds is 4. The van der Waals surface area contributed by atoms with Crippen LogP contribution in [0, 0.1) is 6.92 Å². The maximum atomic E-state index is 13.3. The van der Waals surface area contributed by atoms with Gasteiger partial charge >= 0.3 is 6.18 Å². The molecule has 2 aliphatic heterocycles. The van der Waals surface area contributed by atoms with E-state index in [0.29, 0.717) is 48.2 Å². The molecule has 0 atom stereocenters. The average Bonchev–Trinajstić information content (AvgIpc) is 3.47. The Morgan fingerprint density at radius 1 is 1.12 bits per heavy atom.